The van der Waals surface area contributed by atoms with Gasteiger partial charge in [-0.15, -0.1) is 11.3 Å². The summed E-state index contributed by atoms with van der Waals surface area (Å²) >= 11 is 7.64. The summed E-state index contributed by atoms with van der Waals surface area (Å²) in [6.07, 6.45) is 1.90. The van der Waals surface area contributed by atoms with E-state index < -0.39 is 0 Å². The first kappa shape index (κ1) is 14.6. The van der Waals surface area contributed by atoms with E-state index in [1.807, 2.05) is 25.3 Å². The molecule has 3 rings (SSSR count). The average Bonchev–Trinajstić information content (AvgIpc) is 2.98. The normalized spacial score (nSPS) is 17.1. The quantitative estimate of drug-likeness (QED) is 0.943. The molecule has 1 atom stereocenters. The molecule has 2 N–H and O–H groups in total. The maximum absolute atomic E-state index is 5.94. The minimum atomic E-state index is 0.0617. The van der Waals surface area contributed by atoms with Gasteiger partial charge in [0, 0.05) is 54.0 Å². The molecule has 1 aliphatic heterocycles. The highest BCUT2D eigenvalue weighted by Crippen LogP contribution is 2.28. The summed E-state index contributed by atoms with van der Waals surface area (Å²) in [6.45, 7) is 5.95. The highest BCUT2D eigenvalue weighted by molar-refractivity contribution is 7.15. The van der Waals surface area contributed by atoms with E-state index >= 15 is 0 Å². The van der Waals surface area contributed by atoms with Crippen molar-refractivity contribution < 1.29 is 0 Å². The van der Waals surface area contributed by atoms with Crippen LogP contribution in [0.15, 0.2) is 30.5 Å². The van der Waals surface area contributed by atoms with Crippen molar-refractivity contribution in [2.75, 3.05) is 36.0 Å². The highest BCUT2D eigenvalue weighted by Gasteiger charge is 2.20. The summed E-state index contributed by atoms with van der Waals surface area (Å²) in [5, 5.41) is 1.86. The molecule has 1 saturated heterocycles. The lowest BCUT2D eigenvalue weighted by Crippen LogP contribution is -2.46. The molecule has 0 radical (unpaired) electrons. The second-order valence-electron chi connectivity index (χ2n) is 5.28. The standard InChI is InChI=1S/C15H19ClN4S/c1-11(17)14-10-18-15(21-14)20-8-6-19(7-9-20)13-4-2-12(16)3-5-13/h2-5,10-11H,6-9,17H2,1H3. The first-order chi connectivity index (χ1) is 10.1. The van der Waals surface area contributed by atoms with Crippen LogP contribution in [0.4, 0.5) is 10.8 Å². The molecular formula is C15H19ClN4S. The number of aromatic nitrogens is 1. The van der Waals surface area contributed by atoms with Gasteiger partial charge in [-0.1, -0.05) is 11.6 Å². The zero-order valence-electron chi connectivity index (χ0n) is 12.0. The van der Waals surface area contributed by atoms with Gasteiger partial charge >= 0.3 is 0 Å². The van der Waals surface area contributed by atoms with Gasteiger partial charge in [0.2, 0.25) is 0 Å². The van der Waals surface area contributed by atoms with Crippen molar-refractivity contribution in [3.05, 3.63) is 40.4 Å². The van der Waals surface area contributed by atoms with Crippen molar-refractivity contribution in [3.8, 4) is 0 Å². The Bertz CT molecular complexity index is 588. The van der Waals surface area contributed by atoms with E-state index in [1.54, 1.807) is 11.3 Å². The second kappa shape index (κ2) is 6.22. The van der Waals surface area contributed by atoms with E-state index in [1.165, 1.54) is 5.69 Å². The van der Waals surface area contributed by atoms with E-state index in [-0.39, 0.29) is 6.04 Å². The lowest BCUT2D eigenvalue weighted by Gasteiger charge is -2.36. The third kappa shape index (κ3) is 3.31. The monoisotopic (exact) mass is 322 g/mol. The fourth-order valence-electron chi connectivity index (χ4n) is 2.44. The summed E-state index contributed by atoms with van der Waals surface area (Å²) in [7, 11) is 0. The van der Waals surface area contributed by atoms with Crippen LogP contribution in [0.25, 0.3) is 0 Å². The number of nitrogens with zero attached hydrogens (tertiary/aromatic N) is 3. The zero-order chi connectivity index (χ0) is 14.8. The molecule has 0 aliphatic carbocycles. The van der Waals surface area contributed by atoms with Gasteiger partial charge in [0.1, 0.15) is 0 Å². The molecule has 1 aromatic carbocycles. The van der Waals surface area contributed by atoms with E-state index in [4.69, 9.17) is 17.3 Å². The van der Waals surface area contributed by atoms with Crippen LogP contribution in [0, 0.1) is 0 Å². The summed E-state index contributed by atoms with van der Waals surface area (Å²) in [4.78, 5) is 10.4. The van der Waals surface area contributed by atoms with Crippen molar-refractivity contribution in [1.82, 2.24) is 4.98 Å². The van der Waals surface area contributed by atoms with Crippen molar-refractivity contribution >= 4 is 33.8 Å². The molecule has 4 nitrogen and oxygen atoms in total. The van der Waals surface area contributed by atoms with Crippen molar-refractivity contribution in [2.45, 2.75) is 13.0 Å². The lowest BCUT2D eigenvalue weighted by molar-refractivity contribution is 0.652. The molecule has 1 aromatic heterocycles. The van der Waals surface area contributed by atoms with Gasteiger partial charge in [0.25, 0.3) is 0 Å². The Morgan fingerprint density at radius 1 is 1.14 bits per heavy atom. The minimum Gasteiger partial charge on any atom is -0.368 e. The van der Waals surface area contributed by atoms with Gasteiger partial charge in [0.05, 0.1) is 0 Å². The summed E-state index contributed by atoms with van der Waals surface area (Å²) in [5.74, 6) is 0. The Morgan fingerprint density at radius 3 is 2.33 bits per heavy atom. The number of thiazole rings is 1. The SMILES string of the molecule is CC(N)c1cnc(N2CCN(c3ccc(Cl)cc3)CC2)s1. The molecule has 0 bridgehead atoms. The number of halogens is 1. The van der Waals surface area contributed by atoms with Gasteiger partial charge in [-0.2, -0.15) is 0 Å². The van der Waals surface area contributed by atoms with Crippen LogP contribution >= 0.6 is 22.9 Å². The number of nitrogens with two attached hydrogens (primary N) is 1. The van der Waals surface area contributed by atoms with Crippen LogP contribution in [-0.4, -0.2) is 31.2 Å². The maximum atomic E-state index is 5.94. The molecular weight excluding hydrogens is 304 g/mol. The number of anilines is 2. The number of hydrogen-bond donors (Lipinski definition) is 1. The van der Waals surface area contributed by atoms with E-state index in [2.05, 4.69) is 26.9 Å². The fourth-order valence-corrected chi connectivity index (χ4v) is 3.49. The molecule has 2 heterocycles. The molecule has 0 saturated carbocycles. The highest BCUT2D eigenvalue weighted by atomic mass is 35.5. The van der Waals surface area contributed by atoms with E-state index in [0.717, 1.165) is 41.2 Å². The maximum Gasteiger partial charge on any atom is 0.185 e. The molecule has 1 fully saturated rings. The number of hydrogen-bond acceptors (Lipinski definition) is 5. The summed E-state index contributed by atoms with van der Waals surface area (Å²) in [6, 6.07) is 8.11. The average molecular weight is 323 g/mol. The third-order valence-corrected chi connectivity index (χ3v) is 5.21. The molecule has 6 heteroatoms. The summed E-state index contributed by atoms with van der Waals surface area (Å²) in [5.41, 5.74) is 7.13. The number of rotatable bonds is 3. The topological polar surface area (TPSA) is 45.4 Å². The fraction of sp³-hybridized carbons (Fsp3) is 0.400. The molecule has 0 spiro atoms. The predicted molar refractivity (Wildman–Crippen MR) is 90.6 cm³/mol. The molecule has 0 amide bonds. The van der Waals surface area contributed by atoms with Crippen LogP contribution < -0.4 is 15.5 Å². The van der Waals surface area contributed by atoms with Crippen LogP contribution in [0.2, 0.25) is 5.02 Å². The van der Waals surface area contributed by atoms with Gasteiger partial charge in [0.15, 0.2) is 5.13 Å². The Balaban J connectivity index is 1.63. The number of benzene rings is 1. The van der Waals surface area contributed by atoms with Gasteiger partial charge in [-0.3, -0.25) is 0 Å². The van der Waals surface area contributed by atoms with Crippen LogP contribution in [0.3, 0.4) is 0 Å². The minimum absolute atomic E-state index is 0.0617. The first-order valence-electron chi connectivity index (χ1n) is 7.10. The lowest BCUT2D eigenvalue weighted by atomic mass is 10.2. The van der Waals surface area contributed by atoms with Crippen LogP contribution in [0.5, 0.6) is 0 Å². The Hall–Kier alpha value is -1.30. The van der Waals surface area contributed by atoms with E-state index in [0.29, 0.717) is 0 Å². The number of piperazine rings is 1. The molecule has 1 unspecified atom stereocenters. The van der Waals surface area contributed by atoms with Crippen molar-refractivity contribution in [2.24, 2.45) is 5.73 Å². The second-order valence-corrected chi connectivity index (χ2v) is 6.76. The smallest absolute Gasteiger partial charge is 0.185 e. The van der Waals surface area contributed by atoms with Crippen LogP contribution in [-0.2, 0) is 0 Å². The molecule has 112 valence electrons. The Labute approximate surface area is 134 Å². The molecule has 21 heavy (non-hydrogen) atoms. The molecule has 2 aromatic rings. The van der Waals surface area contributed by atoms with Gasteiger partial charge < -0.3 is 15.5 Å². The largest absolute Gasteiger partial charge is 0.368 e. The van der Waals surface area contributed by atoms with Crippen molar-refractivity contribution in [1.29, 1.82) is 0 Å². The predicted octanol–water partition coefficient (Wildman–Crippen LogP) is 3.14. The van der Waals surface area contributed by atoms with Gasteiger partial charge in [-0.25, -0.2) is 4.98 Å². The summed E-state index contributed by atoms with van der Waals surface area (Å²) < 4.78 is 0. The Morgan fingerprint density at radius 2 is 1.76 bits per heavy atom. The zero-order valence-corrected chi connectivity index (χ0v) is 13.6. The first-order valence-corrected chi connectivity index (χ1v) is 8.30. The Kier molecular flexibility index (Phi) is 4.33. The van der Waals surface area contributed by atoms with E-state index in [9.17, 15) is 0 Å². The van der Waals surface area contributed by atoms with Gasteiger partial charge in [-0.05, 0) is 31.2 Å². The third-order valence-electron chi connectivity index (χ3n) is 3.70. The van der Waals surface area contributed by atoms with Crippen molar-refractivity contribution in [3.63, 3.8) is 0 Å². The molecule has 1 aliphatic rings. The van der Waals surface area contributed by atoms with Crippen LogP contribution in [0.1, 0.15) is 17.8 Å².